The number of aliphatic hydroxyl groups is 2. The Morgan fingerprint density at radius 2 is 1.80 bits per heavy atom. The van der Waals surface area contributed by atoms with E-state index in [1.165, 1.54) is 0 Å². The summed E-state index contributed by atoms with van der Waals surface area (Å²) in [7, 11) is 0. The number of carbonyl (C=O) groups is 2. The summed E-state index contributed by atoms with van der Waals surface area (Å²) in [4.78, 5) is 25.4. The third kappa shape index (κ3) is 2.13. The van der Waals surface area contributed by atoms with Crippen LogP contribution in [0.3, 0.4) is 0 Å². The summed E-state index contributed by atoms with van der Waals surface area (Å²) in [6, 6.07) is 0. The number of rotatable bonds is 1. The zero-order valence-corrected chi connectivity index (χ0v) is 15.8. The minimum absolute atomic E-state index is 0.118. The molecule has 0 aromatic rings. The van der Waals surface area contributed by atoms with E-state index in [2.05, 4.69) is 6.92 Å². The minimum Gasteiger partial charge on any atom is -0.393 e. The lowest BCUT2D eigenvalue weighted by Crippen LogP contribution is -2.64. The first-order valence-electron chi connectivity index (χ1n) is 10.1. The third-order valence-corrected chi connectivity index (χ3v) is 9.13. The van der Waals surface area contributed by atoms with Crippen LogP contribution in [0.1, 0.15) is 72.1 Å². The molecule has 4 aliphatic carbocycles. The van der Waals surface area contributed by atoms with E-state index in [0.717, 1.165) is 25.7 Å². The lowest BCUT2D eigenvalue weighted by Gasteiger charge is -2.63. The summed E-state index contributed by atoms with van der Waals surface area (Å²) in [6.07, 6.45) is 5.46. The van der Waals surface area contributed by atoms with Gasteiger partial charge in [-0.15, -0.1) is 0 Å². The Kier molecular flexibility index (Phi) is 3.81. The van der Waals surface area contributed by atoms with Gasteiger partial charge in [-0.3, -0.25) is 9.59 Å². The maximum absolute atomic E-state index is 13.3. The number of carbonyl (C=O) groups excluding carboxylic acids is 2. The van der Waals surface area contributed by atoms with Crippen LogP contribution >= 0.6 is 0 Å². The van der Waals surface area contributed by atoms with Gasteiger partial charge in [0.2, 0.25) is 0 Å². The topological polar surface area (TPSA) is 74.6 Å². The fraction of sp³-hybridized carbons (Fsp3) is 0.905. The standard InChI is InChI=1S/C21H32O4/c1-12(22)15-4-5-16-14-7-9-21(25)11-13(23)6-8-19(21,2)17(14)10-18(24)20(15,16)3/h13-17,23,25H,4-11H2,1-3H3/t13-,14?,15-,16?,17?,19-,20-,21?/m1/s1. The minimum atomic E-state index is -0.849. The molecule has 8 atom stereocenters. The molecule has 0 amide bonds. The number of fused-ring (bicyclic) bond motifs is 5. The van der Waals surface area contributed by atoms with Gasteiger partial charge in [-0.1, -0.05) is 13.8 Å². The second-order valence-electron chi connectivity index (χ2n) is 9.91. The largest absolute Gasteiger partial charge is 0.393 e. The molecule has 4 unspecified atom stereocenters. The normalized spacial score (nSPS) is 55.2. The van der Waals surface area contributed by atoms with E-state index in [4.69, 9.17) is 0 Å². The molecule has 0 bridgehead atoms. The first-order valence-corrected chi connectivity index (χ1v) is 10.1. The third-order valence-electron chi connectivity index (χ3n) is 9.13. The number of hydrogen-bond acceptors (Lipinski definition) is 4. The Morgan fingerprint density at radius 1 is 1.08 bits per heavy atom. The number of hydrogen-bond donors (Lipinski definition) is 2. The molecule has 0 aromatic heterocycles. The van der Waals surface area contributed by atoms with Crippen LogP contribution in [0.4, 0.5) is 0 Å². The van der Waals surface area contributed by atoms with Crippen molar-refractivity contribution in [3.05, 3.63) is 0 Å². The zero-order chi connectivity index (χ0) is 18.2. The summed E-state index contributed by atoms with van der Waals surface area (Å²) < 4.78 is 0. The Hall–Kier alpha value is -0.740. The van der Waals surface area contributed by atoms with E-state index < -0.39 is 17.1 Å². The molecule has 4 aliphatic rings. The second kappa shape index (κ2) is 5.39. The fourth-order valence-corrected chi connectivity index (χ4v) is 7.59. The Morgan fingerprint density at radius 3 is 2.48 bits per heavy atom. The van der Waals surface area contributed by atoms with Gasteiger partial charge in [0.05, 0.1) is 11.7 Å². The smallest absolute Gasteiger partial charge is 0.140 e. The lowest BCUT2D eigenvalue weighted by atomic mass is 9.43. The van der Waals surface area contributed by atoms with Crippen LogP contribution in [-0.2, 0) is 9.59 Å². The van der Waals surface area contributed by atoms with Crippen molar-refractivity contribution in [3.8, 4) is 0 Å². The van der Waals surface area contributed by atoms with Crippen molar-refractivity contribution in [2.45, 2.75) is 83.8 Å². The molecule has 0 heterocycles. The molecule has 0 saturated heterocycles. The molecule has 4 saturated carbocycles. The highest BCUT2D eigenvalue weighted by atomic mass is 16.3. The van der Waals surface area contributed by atoms with Gasteiger partial charge < -0.3 is 10.2 Å². The number of Topliss-reactive ketones (excluding diaryl/α,β-unsaturated/α-hetero) is 2. The summed E-state index contributed by atoms with van der Waals surface area (Å²) in [6.45, 7) is 5.84. The first-order chi connectivity index (χ1) is 11.6. The molecule has 0 aliphatic heterocycles. The quantitative estimate of drug-likeness (QED) is 0.764. The van der Waals surface area contributed by atoms with Crippen LogP contribution < -0.4 is 0 Å². The van der Waals surface area contributed by atoms with Gasteiger partial charge in [-0.05, 0) is 63.2 Å². The second-order valence-corrected chi connectivity index (χ2v) is 9.91. The SMILES string of the molecule is CC(=O)[C@H]1CCC2C3CCC4(O)C[C@H](O)CC[C@]4(C)C3CC(=O)[C@@]21C. The van der Waals surface area contributed by atoms with Crippen LogP contribution in [0.2, 0.25) is 0 Å². The van der Waals surface area contributed by atoms with Gasteiger partial charge in [0.25, 0.3) is 0 Å². The van der Waals surface area contributed by atoms with Gasteiger partial charge >= 0.3 is 0 Å². The van der Waals surface area contributed by atoms with Crippen LogP contribution in [0.15, 0.2) is 0 Å². The Labute approximate surface area is 150 Å². The van der Waals surface area contributed by atoms with Crippen molar-refractivity contribution in [2.75, 3.05) is 0 Å². The predicted molar refractivity (Wildman–Crippen MR) is 93.8 cm³/mol. The zero-order valence-electron chi connectivity index (χ0n) is 15.8. The van der Waals surface area contributed by atoms with Crippen molar-refractivity contribution in [3.63, 3.8) is 0 Å². The highest BCUT2D eigenvalue weighted by molar-refractivity contribution is 5.93. The van der Waals surface area contributed by atoms with Crippen LogP contribution in [0.25, 0.3) is 0 Å². The Bertz CT molecular complexity index is 615. The average Bonchev–Trinajstić information content (AvgIpc) is 2.89. The van der Waals surface area contributed by atoms with E-state index in [-0.39, 0.29) is 34.7 Å². The highest BCUT2D eigenvalue weighted by Gasteiger charge is 2.67. The monoisotopic (exact) mass is 348 g/mol. The van der Waals surface area contributed by atoms with E-state index in [0.29, 0.717) is 31.6 Å². The van der Waals surface area contributed by atoms with E-state index >= 15 is 0 Å². The van der Waals surface area contributed by atoms with Crippen LogP contribution in [-0.4, -0.2) is 33.5 Å². The van der Waals surface area contributed by atoms with Crippen LogP contribution in [0.5, 0.6) is 0 Å². The molecule has 25 heavy (non-hydrogen) atoms. The van der Waals surface area contributed by atoms with Crippen molar-refractivity contribution in [1.82, 2.24) is 0 Å². The molecule has 2 N–H and O–H groups in total. The first kappa shape index (κ1) is 17.7. The molecule has 4 nitrogen and oxygen atoms in total. The van der Waals surface area contributed by atoms with Gasteiger partial charge in [0, 0.05) is 29.6 Å². The van der Waals surface area contributed by atoms with Gasteiger partial charge in [-0.2, -0.15) is 0 Å². The molecule has 140 valence electrons. The maximum Gasteiger partial charge on any atom is 0.140 e. The predicted octanol–water partition coefficient (Wildman–Crippen LogP) is 2.89. The average molecular weight is 348 g/mol. The van der Waals surface area contributed by atoms with Crippen molar-refractivity contribution in [2.24, 2.45) is 34.5 Å². The molecule has 0 spiro atoms. The van der Waals surface area contributed by atoms with E-state index in [1.807, 2.05) is 6.92 Å². The molecular formula is C21H32O4. The summed E-state index contributed by atoms with van der Waals surface area (Å²) >= 11 is 0. The molecule has 0 radical (unpaired) electrons. The summed E-state index contributed by atoms with van der Waals surface area (Å²) in [5, 5.41) is 21.5. The van der Waals surface area contributed by atoms with Crippen LogP contribution in [0, 0.1) is 34.5 Å². The van der Waals surface area contributed by atoms with Crippen molar-refractivity contribution < 1.29 is 19.8 Å². The summed E-state index contributed by atoms with van der Waals surface area (Å²) in [5.41, 5.74) is -1.63. The van der Waals surface area contributed by atoms with Gasteiger partial charge in [0.15, 0.2) is 0 Å². The molecule has 4 heteroatoms. The van der Waals surface area contributed by atoms with Crippen molar-refractivity contribution in [1.29, 1.82) is 0 Å². The summed E-state index contributed by atoms with van der Waals surface area (Å²) in [5.74, 6) is 1.18. The van der Waals surface area contributed by atoms with E-state index in [1.54, 1.807) is 6.92 Å². The maximum atomic E-state index is 13.3. The van der Waals surface area contributed by atoms with Gasteiger partial charge in [0.1, 0.15) is 11.6 Å². The molecule has 4 rings (SSSR count). The highest BCUT2D eigenvalue weighted by Crippen LogP contribution is 2.67. The van der Waals surface area contributed by atoms with Crippen molar-refractivity contribution >= 4 is 11.6 Å². The lowest BCUT2D eigenvalue weighted by molar-refractivity contribution is -0.217. The molecule has 4 fully saturated rings. The number of ketones is 2. The van der Waals surface area contributed by atoms with E-state index in [9.17, 15) is 19.8 Å². The number of aliphatic hydroxyl groups excluding tert-OH is 1. The molecule has 0 aromatic carbocycles. The van der Waals surface area contributed by atoms with Gasteiger partial charge in [-0.25, -0.2) is 0 Å². The Balaban J connectivity index is 1.71. The molecular weight excluding hydrogens is 316 g/mol. The fourth-order valence-electron chi connectivity index (χ4n) is 7.59.